The first-order valence-electron chi connectivity index (χ1n) is 13.1. The van der Waals surface area contributed by atoms with Gasteiger partial charge in [0.25, 0.3) is 11.8 Å². The van der Waals surface area contributed by atoms with Crippen LogP contribution in [0.4, 0.5) is 5.69 Å². The van der Waals surface area contributed by atoms with Crippen LogP contribution in [-0.4, -0.2) is 43.8 Å². The Morgan fingerprint density at radius 2 is 1.82 bits per heavy atom. The molecule has 39 heavy (non-hydrogen) atoms. The number of hydrogen-bond acceptors (Lipinski definition) is 7. The number of nitrogens with zero attached hydrogens (tertiary/aromatic N) is 5. The lowest BCUT2D eigenvalue weighted by molar-refractivity contribution is -0.128. The molecule has 1 aliphatic carbocycles. The summed E-state index contributed by atoms with van der Waals surface area (Å²) in [4.78, 5) is 42.5. The molecule has 0 spiro atoms. The summed E-state index contributed by atoms with van der Waals surface area (Å²) in [6.45, 7) is 1.17. The summed E-state index contributed by atoms with van der Waals surface area (Å²) in [5.41, 5.74) is 1.57. The molecule has 5 rings (SSSR count). The van der Waals surface area contributed by atoms with Crippen LogP contribution in [0.2, 0.25) is 0 Å². The molecule has 1 unspecified atom stereocenters. The van der Waals surface area contributed by atoms with Crippen LogP contribution in [0.5, 0.6) is 0 Å². The van der Waals surface area contributed by atoms with Gasteiger partial charge in [0.15, 0.2) is 11.8 Å². The van der Waals surface area contributed by atoms with Gasteiger partial charge in [0.05, 0.1) is 6.26 Å². The van der Waals surface area contributed by atoms with Gasteiger partial charge < -0.3 is 9.73 Å². The number of Topliss-reactive ketones (excluding diaryl/α,β-unsaturated/α-hetero) is 1. The van der Waals surface area contributed by atoms with Gasteiger partial charge in [0.1, 0.15) is 12.3 Å². The second-order valence-corrected chi connectivity index (χ2v) is 9.64. The van der Waals surface area contributed by atoms with Gasteiger partial charge in [-0.1, -0.05) is 61.7 Å². The van der Waals surface area contributed by atoms with Gasteiger partial charge >= 0.3 is 0 Å². The van der Waals surface area contributed by atoms with Crippen LogP contribution in [0.3, 0.4) is 0 Å². The highest BCUT2D eigenvalue weighted by atomic mass is 16.3. The number of aromatic nitrogens is 4. The van der Waals surface area contributed by atoms with Gasteiger partial charge in [0, 0.05) is 22.9 Å². The summed E-state index contributed by atoms with van der Waals surface area (Å²) in [6.07, 6.45) is 6.47. The van der Waals surface area contributed by atoms with E-state index in [1.54, 1.807) is 36.4 Å². The third-order valence-electron chi connectivity index (χ3n) is 6.83. The molecule has 1 fully saturated rings. The molecule has 0 radical (unpaired) electrons. The molecular formula is C29H30N6O4. The van der Waals surface area contributed by atoms with Crippen LogP contribution >= 0.6 is 0 Å². The van der Waals surface area contributed by atoms with Crippen LogP contribution in [0, 0.1) is 0 Å². The molecule has 10 nitrogen and oxygen atoms in total. The Labute approximate surface area is 226 Å². The Morgan fingerprint density at radius 1 is 1.03 bits per heavy atom. The van der Waals surface area contributed by atoms with E-state index >= 15 is 0 Å². The van der Waals surface area contributed by atoms with E-state index in [9.17, 15) is 14.4 Å². The van der Waals surface area contributed by atoms with Crippen LogP contribution in [-0.2, 0) is 16.1 Å². The maximum Gasteiger partial charge on any atom is 0.251 e. The molecule has 200 valence electrons. The van der Waals surface area contributed by atoms with Crippen molar-refractivity contribution in [3.63, 3.8) is 0 Å². The molecular weight excluding hydrogens is 496 g/mol. The second-order valence-electron chi connectivity index (χ2n) is 9.64. The quantitative estimate of drug-likeness (QED) is 0.322. The summed E-state index contributed by atoms with van der Waals surface area (Å²) < 4.78 is 5.68. The number of carbonyl (C=O) groups excluding carboxylic acids is 3. The molecule has 2 aromatic carbocycles. The van der Waals surface area contributed by atoms with Gasteiger partial charge in [-0.05, 0) is 49.2 Å². The minimum Gasteiger partial charge on any atom is -0.467 e. The van der Waals surface area contributed by atoms with Gasteiger partial charge in [0.2, 0.25) is 5.82 Å². The largest absolute Gasteiger partial charge is 0.467 e. The topological polar surface area (TPSA) is 123 Å². The molecule has 1 atom stereocenters. The smallest absolute Gasteiger partial charge is 0.251 e. The molecule has 1 saturated carbocycles. The standard InChI is InChI=1S/C29H30N6O4/c1-20(36)22-12-8-15-24(18-22)35(26(37)19-34-32-28(31-33-34)21-10-4-2-5-11-21)27(25-16-9-17-39-25)29(38)30-23-13-6-3-7-14-23/h2,4-5,8-12,15-18,23,27H,3,6-7,13-14,19H2,1H3,(H,30,38). The van der Waals surface area contributed by atoms with Crippen molar-refractivity contribution < 1.29 is 18.8 Å². The average Bonchev–Trinajstić information content (AvgIpc) is 3.65. The van der Waals surface area contributed by atoms with Gasteiger partial charge in [-0.25, -0.2) is 0 Å². The van der Waals surface area contributed by atoms with E-state index in [2.05, 4.69) is 20.7 Å². The van der Waals surface area contributed by atoms with Crippen molar-refractivity contribution in [1.29, 1.82) is 0 Å². The number of carbonyl (C=O) groups is 3. The highest BCUT2D eigenvalue weighted by Gasteiger charge is 2.36. The molecule has 1 aliphatic rings. The second kappa shape index (κ2) is 11.8. The van der Waals surface area contributed by atoms with Crippen molar-refractivity contribution in [1.82, 2.24) is 25.5 Å². The third kappa shape index (κ3) is 6.11. The van der Waals surface area contributed by atoms with Crippen molar-refractivity contribution in [2.45, 2.75) is 57.7 Å². The first-order chi connectivity index (χ1) is 19.0. The van der Waals surface area contributed by atoms with Crippen LogP contribution in [0.1, 0.15) is 61.2 Å². The molecule has 0 bridgehead atoms. The highest BCUT2D eigenvalue weighted by molar-refractivity contribution is 6.02. The Kier molecular flexibility index (Phi) is 7.91. The van der Waals surface area contributed by atoms with Gasteiger partial charge in [-0.2, -0.15) is 4.80 Å². The number of rotatable bonds is 9. The summed E-state index contributed by atoms with van der Waals surface area (Å²) in [7, 11) is 0. The van der Waals surface area contributed by atoms with E-state index in [1.165, 1.54) is 22.9 Å². The molecule has 10 heteroatoms. The highest BCUT2D eigenvalue weighted by Crippen LogP contribution is 2.30. The molecule has 2 amide bonds. The summed E-state index contributed by atoms with van der Waals surface area (Å²) >= 11 is 0. The number of furan rings is 1. The summed E-state index contributed by atoms with van der Waals surface area (Å²) in [6, 6.07) is 18.2. The molecule has 2 heterocycles. The predicted molar refractivity (Wildman–Crippen MR) is 144 cm³/mol. The lowest BCUT2D eigenvalue weighted by Crippen LogP contribution is -2.48. The van der Waals surface area contributed by atoms with Crippen molar-refractivity contribution in [2.24, 2.45) is 0 Å². The third-order valence-corrected chi connectivity index (χ3v) is 6.83. The van der Waals surface area contributed by atoms with E-state index in [1.807, 2.05) is 30.3 Å². The monoisotopic (exact) mass is 526 g/mol. The van der Waals surface area contributed by atoms with Crippen molar-refractivity contribution in [2.75, 3.05) is 4.90 Å². The predicted octanol–water partition coefficient (Wildman–Crippen LogP) is 4.36. The SMILES string of the molecule is CC(=O)c1cccc(N(C(=O)Cn2nnc(-c3ccccc3)n2)C(C(=O)NC2CCCCC2)c2ccco2)c1. The fourth-order valence-corrected chi connectivity index (χ4v) is 4.87. The number of anilines is 1. The Bertz CT molecular complexity index is 1430. The van der Waals surface area contributed by atoms with Gasteiger partial charge in [-0.15, -0.1) is 10.2 Å². The van der Waals surface area contributed by atoms with Crippen molar-refractivity contribution in [3.8, 4) is 11.4 Å². The van der Waals surface area contributed by atoms with Crippen LogP contribution in [0.25, 0.3) is 11.4 Å². The van der Waals surface area contributed by atoms with E-state index in [0.29, 0.717) is 22.8 Å². The molecule has 4 aromatic rings. The minimum atomic E-state index is -1.10. The van der Waals surface area contributed by atoms with E-state index in [-0.39, 0.29) is 24.3 Å². The van der Waals surface area contributed by atoms with E-state index < -0.39 is 11.9 Å². The van der Waals surface area contributed by atoms with Crippen molar-refractivity contribution >= 4 is 23.3 Å². The first-order valence-corrected chi connectivity index (χ1v) is 13.1. The minimum absolute atomic E-state index is 0.0228. The maximum absolute atomic E-state index is 14.0. The first kappa shape index (κ1) is 26.0. The number of hydrogen-bond donors (Lipinski definition) is 1. The zero-order valence-electron chi connectivity index (χ0n) is 21.7. The molecule has 1 N–H and O–H groups in total. The zero-order chi connectivity index (χ0) is 27.2. The number of ketones is 1. The summed E-state index contributed by atoms with van der Waals surface area (Å²) in [5.74, 6) is -0.286. The maximum atomic E-state index is 14.0. The Balaban J connectivity index is 1.50. The fourth-order valence-electron chi connectivity index (χ4n) is 4.87. The van der Waals surface area contributed by atoms with E-state index in [4.69, 9.17) is 4.42 Å². The van der Waals surface area contributed by atoms with Crippen molar-refractivity contribution in [3.05, 3.63) is 84.3 Å². The average molecular weight is 527 g/mol. The molecule has 2 aromatic heterocycles. The lowest BCUT2D eigenvalue weighted by atomic mass is 9.95. The molecule has 0 aliphatic heterocycles. The van der Waals surface area contributed by atoms with E-state index in [0.717, 1.165) is 37.7 Å². The fraction of sp³-hybridized carbons (Fsp3) is 0.310. The lowest BCUT2D eigenvalue weighted by Gasteiger charge is -2.32. The van der Waals surface area contributed by atoms with Gasteiger partial charge in [-0.3, -0.25) is 19.3 Å². The van der Waals surface area contributed by atoms with Crippen LogP contribution in [0.15, 0.2) is 77.4 Å². The Morgan fingerprint density at radius 3 is 2.54 bits per heavy atom. The normalized spacial score (nSPS) is 14.5. The number of tetrazole rings is 1. The Hall–Kier alpha value is -4.60. The number of benzene rings is 2. The van der Waals surface area contributed by atoms with Crippen LogP contribution < -0.4 is 10.2 Å². The number of amides is 2. The molecule has 0 saturated heterocycles. The number of nitrogens with one attached hydrogen (secondary N) is 1. The zero-order valence-corrected chi connectivity index (χ0v) is 21.7. The summed E-state index contributed by atoms with van der Waals surface area (Å²) in [5, 5.41) is 15.7.